The summed E-state index contributed by atoms with van der Waals surface area (Å²) >= 11 is 2.79. The number of amides is 2. The van der Waals surface area contributed by atoms with Crippen molar-refractivity contribution >= 4 is 40.9 Å². The number of fused-ring (bicyclic) bond motifs is 1. The topological polar surface area (TPSA) is 95.9 Å². The second-order valence-electron chi connectivity index (χ2n) is 7.36. The van der Waals surface area contributed by atoms with Crippen molar-refractivity contribution in [1.82, 2.24) is 10.2 Å². The van der Waals surface area contributed by atoms with Gasteiger partial charge in [0.1, 0.15) is 17.0 Å². The van der Waals surface area contributed by atoms with Crippen LogP contribution < -0.4 is 5.32 Å². The van der Waals surface area contributed by atoms with Gasteiger partial charge in [-0.2, -0.15) is 0 Å². The number of β-lactam (4-membered cyclic amide) rings is 1. The SMILES string of the molecule is CC(C)(C)OC(=O)C1C(CO)=CS[C@@H]2[C@H](NC(=O)Cc3cccs3)C(=O)N12. The maximum Gasteiger partial charge on any atom is 0.333 e. The van der Waals surface area contributed by atoms with Crippen LogP contribution in [0.15, 0.2) is 28.5 Å². The Morgan fingerprint density at radius 3 is 2.70 bits per heavy atom. The maximum absolute atomic E-state index is 12.7. The van der Waals surface area contributed by atoms with E-state index in [9.17, 15) is 19.5 Å². The molecule has 0 radical (unpaired) electrons. The smallest absolute Gasteiger partial charge is 0.333 e. The van der Waals surface area contributed by atoms with Gasteiger partial charge in [0, 0.05) is 4.88 Å². The fourth-order valence-corrected chi connectivity index (χ4v) is 4.90. The standard InChI is InChI=1S/C18H22N2O5S2/c1-18(2,3)25-17(24)14-10(8-21)9-27-16-13(15(23)20(14)16)19-12(22)7-11-5-4-6-26-11/h4-6,9,13-14,16,21H,7-8H2,1-3H3,(H,19,22)/t13-,14?,16-/m1/s1. The van der Waals surface area contributed by atoms with Gasteiger partial charge in [0.15, 0.2) is 6.04 Å². The van der Waals surface area contributed by atoms with E-state index in [0.717, 1.165) is 4.88 Å². The van der Waals surface area contributed by atoms with E-state index in [1.165, 1.54) is 28.0 Å². The first-order chi connectivity index (χ1) is 12.7. The van der Waals surface area contributed by atoms with Crippen LogP contribution in [0.3, 0.4) is 0 Å². The molecular weight excluding hydrogens is 388 g/mol. The molecule has 3 heterocycles. The summed E-state index contributed by atoms with van der Waals surface area (Å²) in [6, 6.07) is 2.08. The molecule has 2 N–H and O–H groups in total. The first-order valence-corrected chi connectivity index (χ1v) is 10.4. The second-order valence-corrected chi connectivity index (χ2v) is 9.38. The fraction of sp³-hybridized carbons (Fsp3) is 0.500. The summed E-state index contributed by atoms with van der Waals surface area (Å²) in [6.45, 7) is 4.89. The van der Waals surface area contributed by atoms with Crippen LogP contribution in [-0.4, -0.2) is 57.5 Å². The molecule has 2 aliphatic rings. The maximum atomic E-state index is 12.7. The molecule has 1 aromatic rings. The van der Waals surface area contributed by atoms with E-state index in [-0.39, 0.29) is 24.8 Å². The summed E-state index contributed by atoms with van der Waals surface area (Å²) in [6.07, 6.45) is 0.214. The molecule has 9 heteroatoms. The number of nitrogens with one attached hydrogen (secondary N) is 1. The van der Waals surface area contributed by atoms with Crippen LogP contribution >= 0.6 is 23.1 Å². The van der Waals surface area contributed by atoms with E-state index in [1.807, 2.05) is 17.5 Å². The molecule has 3 atom stereocenters. The van der Waals surface area contributed by atoms with Crippen molar-refractivity contribution in [2.24, 2.45) is 0 Å². The highest BCUT2D eigenvalue weighted by atomic mass is 32.2. The van der Waals surface area contributed by atoms with Gasteiger partial charge in [-0.3, -0.25) is 9.59 Å². The van der Waals surface area contributed by atoms with Crippen LogP contribution in [0.1, 0.15) is 25.6 Å². The molecule has 0 aromatic carbocycles. The Morgan fingerprint density at radius 1 is 1.37 bits per heavy atom. The van der Waals surface area contributed by atoms with Crippen molar-refractivity contribution in [1.29, 1.82) is 0 Å². The number of hydrogen-bond donors (Lipinski definition) is 2. The molecule has 0 spiro atoms. The third kappa shape index (κ3) is 4.20. The second kappa shape index (κ2) is 7.65. The Labute approximate surface area is 165 Å². The van der Waals surface area contributed by atoms with E-state index in [2.05, 4.69) is 5.32 Å². The summed E-state index contributed by atoms with van der Waals surface area (Å²) in [5.74, 6) is -1.16. The minimum Gasteiger partial charge on any atom is -0.458 e. The number of esters is 1. The normalized spacial score (nSPS) is 24.6. The summed E-state index contributed by atoms with van der Waals surface area (Å²) in [5, 5.41) is 15.5. The average Bonchev–Trinajstić information content (AvgIpc) is 3.09. The highest BCUT2D eigenvalue weighted by molar-refractivity contribution is 8.02. The molecule has 2 aliphatic heterocycles. The molecule has 146 valence electrons. The molecule has 1 fully saturated rings. The number of ether oxygens (including phenoxy) is 1. The van der Waals surface area contributed by atoms with Gasteiger partial charge in [0.25, 0.3) is 0 Å². The number of hydrogen-bond acceptors (Lipinski definition) is 7. The quantitative estimate of drug-likeness (QED) is 0.561. The van der Waals surface area contributed by atoms with Crippen LogP contribution in [0.5, 0.6) is 0 Å². The number of rotatable bonds is 5. The number of thiophene rings is 1. The Kier molecular flexibility index (Phi) is 5.64. The summed E-state index contributed by atoms with van der Waals surface area (Å²) in [4.78, 5) is 39.8. The van der Waals surface area contributed by atoms with Gasteiger partial charge in [0.05, 0.1) is 13.0 Å². The molecule has 1 saturated heterocycles. The van der Waals surface area contributed by atoms with Gasteiger partial charge in [-0.25, -0.2) is 4.79 Å². The lowest BCUT2D eigenvalue weighted by molar-refractivity contribution is -0.170. The fourth-order valence-electron chi connectivity index (χ4n) is 2.98. The Balaban J connectivity index is 1.71. The molecular formula is C18H22N2O5S2. The molecule has 0 saturated carbocycles. The van der Waals surface area contributed by atoms with E-state index < -0.39 is 29.0 Å². The van der Waals surface area contributed by atoms with Crippen molar-refractivity contribution in [2.45, 2.75) is 50.3 Å². The lowest BCUT2D eigenvalue weighted by atomic mass is 9.98. The van der Waals surface area contributed by atoms with Gasteiger partial charge in [-0.1, -0.05) is 6.07 Å². The predicted octanol–water partition coefficient (Wildman–Crippen LogP) is 1.28. The van der Waals surface area contributed by atoms with Crippen molar-refractivity contribution in [3.63, 3.8) is 0 Å². The van der Waals surface area contributed by atoms with Gasteiger partial charge in [0.2, 0.25) is 11.8 Å². The highest BCUT2D eigenvalue weighted by Gasteiger charge is 2.56. The van der Waals surface area contributed by atoms with Gasteiger partial charge < -0.3 is 20.1 Å². The average molecular weight is 411 g/mol. The van der Waals surface area contributed by atoms with Crippen LogP contribution in [0, 0.1) is 0 Å². The molecule has 2 amide bonds. The molecule has 0 aliphatic carbocycles. The minimum atomic E-state index is -0.960. The number of thioether (sulfide) groups is 1. The number of aliphatic hydroxyl groups excluding tert-OH is 1. The van der Waals surface area contributed by atoms with Crippen LogP contribution in [0.2, 0.25) is 0 Å². The lowest BCUT2D eigenvalue weighted by Gasteiger charge is -2.51. The first-order valence-electron chi connectivity index (χ1n) is 8.53. The predicted molar refractivity (Wildman–Crippen MR) is 103 cm³/mol. The molecule has 1 aromatic heterocycles. The highest BCUT2D eigenvalue weighted by Crippen LogP contribution is 2.40. The number of aliphatic hydroxyl groups is 1. The lowest BCUT2D eigenvalue weighted by Crippen LogP contribution is -2.74. The van der Waals surface area contributed by atoms with Crippen molar-refractivity contribution in [3.05, 3.63) is 33.4 Å². The van der Waals surface area contributed by atoms with Crippen molar-refractivity contribution < 1.29 is 24.2 Å². The summed E-state index contributed by atoms with van der Waals surface area (Å²) < 4.78 is 5.42. The van der Waals surface area contributed by atoms with Crippen LogP contribution in [0.4, 0.5) is 0 Å². The molecule has 1 unspecified atom stereocenters. The molecule has 0 bridgehead atoms. The minimum absolute atomic E-state index is 0.214. The number of carbonyl (C=O) groups excluding carboxylic acids is 3. The third-order valence-electron chi connectivity index (χ3n) is 4.11. The molecule has 27 heavy (non-hydrogen) atoms. The Bertz CT molecular complexity index is 769. The van der Waals surface area contributed by atoms with Gasteiger partial charge >= 0.3 is 5.97 Å². The molecule has 7 nitrogen and oxygen atoms in total. The summed E-state index contributed by atoms with van der Waals surface area (Å²) in [7, 11) is 0. The summed E-state index contributed by atoms with van der Waals surface area (Å²) in [5.41, 5.74) is -0.290. The zero-order chi connectivity index (χ0) is 19.8. The van der Waals surface area contributed by atoms with Gasteiger partial charge in [-0.05, 0) is 43.2 Å². The Morgan fingerprint density at radius 2 is 2.11 bits per heavy atom. The van der Waals surface area contributed by atoms with E-state index in [4.69, 9.17) is 4.74 Å². The van der Waals surface area contributed by atoms with E-state index in [1.54, 1.807) is 26.2 Å². The number of carbonyl (C=O) groups is 3. The zero-order valence-electron chi connectivity index (χ0n) is 15.3. The third-order valence-corrected chi connectivity index (χ3v) is 6.21. The molecule has 3 rings (SSSR count). The van der Waals surface area contributed by atoms with Crippen LogP contribution in [0.25, 0.3) is 0 Å². The zero-order valence-corrected chi connectivity index (χ0v) is 16.9. The van der Waals surface area contributed by atoms with Crippen molar-refractivity contribution in [3.8, 4) is 0 Å². The monoisotopic (exact) mass is 410 g/mol. The number of nitrogens with zero attached hydrogens (tertiary/aromatic N) is 1. The van der Waals surface area contributed by atoms with E-state index >= 15 is 0 Å². The van der Waals surface area contributed by atoms with Crippen LogP contribution in [-0.2, 0) is 25.5 Å². The first kappa shape index (κ1) is 19.9. The van der Waals surface area contributed by atoms with E-state index in [0.29, 0.717) is 5.57 Å². The Hall–Kier alpha value is -1.84. The largest absolute Gasteiger partial charge is 0.458 e. The van der Waals surface area contributed by atoms with Crippen molar-refractivity contribution in [2.75, 3.05) is 6.61 Å². The van der Waals surface area contributed by atoms with Gasteiger partial charge in [-0.15, -0.1) is 23.1 Å².